The van der Waals surface area contributed by atoms with Crippen molar-refractivity contribution in [1.29, 1.82) is 0 Å². The summed E-state index contributed by atoms with van der Waals surface area (Å²) in [5.74, 6) is -6.86. The number of aliphatic imine (C=N–C) groups is 1. The maximum absolute atomic E-state index is 10.6. The number of nitrogens with zero attached hydrogens (tertiary/aromatic N) is 4. The zero-order chi connectivity index (χ0) is 33.2. The number of aromatic hydroxyl groups is 1. The van der Waals surface area contributed by atoms with Gasteiger partial charge in [-0.05, 0) is 18.2 Å². The van der Waals surface area contributed by atoms with Gasteiger partial charge in [0.25, 0.3) is 0 Å². The Bertz CT molecular complexity index is 1270. The van der Waals surface area contributed by atoms with E-state index in [1.54, 1.807) is 12.4 Å². The summed E-state index contributed by atoms with van der Waals surface area (Å²) in [7, 11) is 0. The summed E-state index contributed by atoms with van der Waals surface area (Å²) < 4.78 is 95.2. The number of aromatic nitrogens is 3. The lowest BCUT2D eigenvalue weighted by atomic mass is 10.1. The molecule has 2 aromatic rings. The second kappa shape index (κ2) is 14.8. The number of imidazole rings is 1. The van der Waals surface area contributed by atoms with E-state index in [0.717, 1.165) is 37.3 Å². The van der Waals surface area contributed by atoms with E-state index in [0.29, 0.717) is 17.5 Å². The van der Waals surface area contributed by atoms with Gasteiger partial charge in [0.15, 0.2) is 5.82 Å². The Morgan fingerprint density at radius 2 is 1.33 bits per heavy atom. The third-order valence-electron chi connectivity index (χ3n) is 4.57. The Morgan fingerprint density at radius 3 is 1.77 bits per heavy atom. The molecule has 43 heavy (non-hydrogen) atoms. The summed E-state index contributed by atoms with van der Waals surface area (Å²) in [5, 5.41) is 34.7. The van der Waals surface area contributed by atoms with Crippen LogP contribution in [-0.4, -0.2) is 104 Å². The quantitative estimate of drug-likeness (QED) is 0.264. The minimum Gasteiger partial charge on any atom is -0.492 e. The smallest absolute Gasteiger partial charge is 0.490 e. The zero-order valence-corrected chi connectivity index (χ0v) is 20.9. The minimum atomic E-state index is -5.08. The summed E-state index contributed by atoms with van der Waals surface area (Å²) in [4.78, 5) is 44.7. The second-order valence-electron chi connectivity index (χ2n) is 7.68. The number of nitrogens with one attached hydrogen (secondary N) is 2. The van der Waals surface area contributed by atoms with Crippen molar-refractivity contribution in [2.24, 2.45) is 4.99 Å². The third-order valence-corrected chi connectivity index (χ3v) is 4.57. The predicted octanol–water partition coefficient (Wildman–Crippen LogP) is 3.08. The van der Waals surface area contributed by atoms with Gasteiger partial charge in [-0.2, -0.15) is 44.5 Å². The van der Waals surface area contributed by atoms with Crippen molar-refractivity contribution in [1.82, 2.24) is 20.3 Å². The maximum atomic E-state index is 10.6. The van der Waals surface area contributed by atoms with E-state index in [4.69, 9.17) is 29.7 Å². The van der Waals surface area contributed by atoms with E-state index >= 15 is 0 Å². The summed E-state index contributed by atoms with van der Waals surface area (Å²) in [6.45, 7) is 3.58. The van der Waals surface area contributed by atoms with Crippen LogP contribution in [0.5, 0.6) is 5.88 Å². The van der Waals surface area contributed by atoms with Crippen molar-refractivity contribution in [3.8, 4) is 5.88 Å². The lowest BCUT2D eigenvalue weighted by molar-refractivity contribution is -0.193. The second-order valence-corrected chi connectivity index (χ2v) is 7.68. The number of aliphatic carboxylic acids is 3. The first-order valence-electron chi connectivity index (χ1n) is 11.0. The number of halogens is 9. The van der Waals surface area contributed by atoms with Crippen molar-refractivity contribution in [2.45, 2.75) is 18.5 Å². The fourth-order valence-electron chi connectivity index (χ4n) is 2.69. The van der Waals surface area contributed by atoms with Gasteiger partial charge in [-0.15, -0.1) is 0 Å². The highest BCUT2D eigenvalue weighted by Crippen LogP contribution is 2.32. The fourth-order valence-corrected chi connectivity index (χ4v) is 2.69. The number of hydrogen-bond acceptors (Lipinski definition) is 9. The topological polar surface area (TPSA) is 201 Å². The van der Waals surface area contributed by atoms with E-state index in [1.165, 1.54) is 0 Å². The normalized spacial score (nSPS) is 15.2. The molecule has 6 N–H and O–H groups in total. The molecule has 13 nitrogen and oxygen atoms in total. The number of piperazine rings is 1. The summed E-state index contributed by atoms with van der Waals surface area (Å²) in [6, 6.07) is 3.84. The Kier molecular flexibility index (Phi) is 12.5. The van der Waals surface area contributed by atoms with Gasteiger partial charge < -0.3 is 35.6 Å². The highest BCUT2D eigenvalue weighted by atomic mass is 19.4. The van der Waals surface area contributed by atoms with E-state index < -0.39 is 36.4 Å². The highest BCUT2D eigenvalue weighted by molar-refractivity contribution is 6.20. The van der Waals surface area contributed by atoms with Crippen LogP contribution in [0.2, 0.25) is 0 Å². The fraction of sp³-hybridized carbons (Fsp3) is 0.333. The van der Waals surface area contributed by atoms with Crippen molar-refractivity contribution in [3.05, 3.63) is 29.6 Å². The molecule has 0 bridgehead atoms. The van der Waals surface area contributed by atoms with Crippen LogP contribution in [0.15, 0.2) is 23.3 Å². The van der Waals surface area contributed by atoms with Crippen molar-refractivity contribution < 1.29 is 74.3 Å². The van der Waals surface area contributed by atoms with Gasteiger partial charge in [-0.25, -0.2) is 24.4 Å². The first-order chi connectivity index (χ1) is 19.6. The molecule has 0 radical (unpaired) electrons. The Hall–Kier alpha value is -4.89. The van der Waals surface area contributed by atoms with E-state index in [9.17, 15) is 44.6 Å². The third kappa shape index (κ3) is 12.2. The number of allylic oxidation sites excluding steroid dienone is 1. The number of hydrogen-bond donors (Lipinski definition) is 6. The lowest BCUT2D eigenvalue weighted by Gasteiger charge is -2.26. The number of H-pyrrole nitrogens is 1. The molecule has 22 heteroatoms. The molecule has 2 aliphatic heterocycles. The van der Waals surface area contributed by atoms with E-state index in [-0.39, 0.29) is 5.88 Å². The highest BCUT2D eigenvalue weighted by Gasteiger charge is 2.39. The molecule has 0 aliphatic carbocycles. The van der Waals surface area contributed by atoms with Gasteiger partial charge in [0.05, 0.1) is 0 Å². The van der Waals surface area contributed by atoms with Crippen LogP contribution in [0.3, 0.4) is 0 Å². The minimum absolute atomic E-state index is 0.00627. The molecule has 0 aromatic carbocycles. The van der Waals surface area contributed by atoms with Crippen molar-refractivity contribution in [2.75, 3.05) is 31.1 Å². The molecule has 2 aliphatic rings. The Labute approximate surface area is 233 Å². The number of aromatic amines is 1. The number of alkyl halides is 9. The van der Waals surface area contributed by atoms with Crippen LogP contribution < -0.4 is 10.2 Å². The Balaban J connectivity index is 0.000000363. The Morgan fingerprint density at radius 1 is 0.860 bits per heavy atom. The molecule has 1 fully saturated rings. The number of carbonyl (C=O) groups is 3. The summed E-state index contributed by atoms with van der Waals surface area (Å²) >= 11 is 0. The van der Waals surface area contributed by atoms with Crippen LogP contribution in [0.1, 0.15) is 11.3 Å². The number of rotatable bonds is 2. The summed E-state index contributed by atoms with van der Waals surface area (Å²) in [6.07, 6.45) is -9.93. The molecule has 4 heterocycles. The van der Waals surface area contributed by atoms with Crippen LogP contribution in [0.25, 0.3) is 11.6 Å². The number of fused-ring (bicyclic) bond motifs is 1. The van der Waals surface area contributed by atoms with Crippen LogP contribution in [0.4, 0.5) is 51.3 Å². The van der Waals surface area contributed by atoms with Gasteiger partial charge in [-0.1, -0.05) is 0 Å². The van der Waals surface area contributed by atoms with Crippen LogP contribution >= 0.6 is 0 Å². The molecule has 0 spiro atoms. The van der Waals surface area contributed by atoms with Gasteiger partial charge in [0.2, 0.25) is 11.8 Å². The van der Waals surface area contributed by atoms with Gasteiger partial charge in [-0.3, -0.25) is 0 Å². The molecule has 0 amide bonds. The number of carboxylic acids is 3. The number of carboxylic acid groups (broad SMARTS) is 3. The lowest BCUT2D eigenvalue weighted by Crippen LogP contribution is -2.44. The first kappa shape index (κ1) is 36.1. The molecule has 0 unspecified atom stereocenters. The van der Waals surface area contributed by atoms with Crippen molar-refractivity contribution in [3.63, 3.8) is 0 Å². The number of anilines is 1. The standard InChI is InChI=1S/C15H16N6O.3C2HF3O2/c22-14-12(19-15(20-14)21-6-4-16-5-7-21)8-10-9-18-13-11(10)2-1-3-17-13;3*3-2(4,5)1(6)7/h1-3,8-9,16,22H,4-7H2,(H,19,20);3*(H,6,7). The predicted molar refractivity (Wildman–Crippen MR) is 127 cm³/mol. The maximum Gasteiger partial charge on any atom is 0.490 e. The van der Waals surface area contributed by atoms with Crippen LogP contribution in [0, 0.1) is 0 Å². The molecular formula is C21H19F9N6O7. The van der Waals surface area contributed by atoms with Gasteiger partial charge in [0, 0.05) is 49.7 Å². The largest absolute Gasteiger partial charge is 0.492 e. The van der Waals surface area contributed by atoms with Gasteiger partial charge in [0.1, 0.15) is 5.69 Å². The SMILES string of the molecule is O=C(O)C(F)(F)F.O=C(O)C(F)(F)F.O=C(O)C(F)(F)F.Oc1nc(N2CCNCC2)[nH]c1C=C1C=Nc2ncccc21. The first-order valence-corrected chi connectivity index (χ1v) is 11.0. The molecule has 1 saturated heterocycles. The van der Waals surface area contributed by atoms with Crippen molar-refractivity contribution >= 4 is 47.5 Å². The van der Waals surface area contributed by atoms with Crippen LogP contribution in [-0.2, 0) is 14.4 Å². The molecule has 2 aromatic heterocycles. The molecule has 4 rings (SSSR count). The average Bonchev–Trinajstić information content (AvgIpc) is 3.47. The molecule has 0 saturated carbocycles. The zero-order valence-electron chi connectivity index (χ0n) is 20.9. The van der Waals surface area contributed by atoms with Gasteiger partial charge >= 0.3 is 36.4 Å². The van der Waals surface area contributed by atoms with E-state index in [1.807, 2.05) is 18.2 Å². The molecule has 0 atom stereocenters. The molecular weight excluding hydrogens is 619 g/mol. The molecule has 238 valence electrons. The summed E-state index contributed by atoms with van der Waals surface area (Å²) in [5.41, 5.74) is 2.46. The average molecular weight is 638 g/mol. The van der Waals surface area contributed by atoms with E-state index in [2.05, 4.69) is 30.2 Å². The number of pyridine rings is 1. The monoisotopic (exact) mass is 638 g/mol.